The van der Waals surface area contributed by atoms with Crippen molar-refractivity contribution in [2.75, 3.05) is 18.6 Å². The Morgan fingerprint density at radius 2 is 1.86 bits per heavy atom. The lowest BCUT2D eigenvalue weighted by Gasteiger charge is -2.23. The summed E-state index contributed by atoms with van der Waals surface area (Å²) in [6, 6.07) is 17.7. The maximum atomic E-state index is 12.7. The molecule has 0 aliphatic carbocycles. The third-order valence-corrected chi connectivity index (χ3v) is 7.11. The minimum atomic E-state index is -3.01. The van der Waals surface area contributed by atoms with Gasteiger partial charge in [0.2, 0.25) is 5.91 Å². The fraction of sp³-hybridized carbons (Fsp3) is 0.333. The predicted octanol–water partition coefficient (Wildman–Crippen LogP) is 2.60. The van der Waals surface area contributed by atoms with E-state index in [1.54, 1.807) is 11.9 Å². The highest BCUT2D eigenvalue weighted by Gasteiger charge is 2.32. The fourth-order valence-electron chi connectivity index (χ4n) is 3.79. The van der Waals surface area contributed by atoms with Crippen molar-refractivity contribution in [1.82, 2.24) is 14.5 Å². The van der Waals surface area contributed by atoms with E-state index < -0.39 is 9.84 Å². The smallest absolute Gasteiger partial charge is 0.223 e. The van der Waals surface area contributed by atoms with Crippen LogP contribution in [0.1, 0.15) is 18.7 Å². The zero-order valence-electron chi connectivity index (χ0n) is 15.8. The molecule has 6 nitrogen and oxygen atoms in total. The van der Waals surface area contributed by atoms with E-state index >= 15 is 0 Å². The van der Waals surface area contributed by atoms with Crippen LogP contribution in [0.5, 0.6) is 0 Å². The summed E-state index contributed by atoms with van der Waals surface area (Å²) in [6.45, 7) is 0. The minimum absolute atomic E-state index is 0.0474. The summed E-state index contributed by atoms with van der Waals surface area (Å²) >= 11 is 0. The van der Waals surface area contributed by atoms with Gasteiger partial charge in [-0.1, -0.05) is 30.3 Å². The Bertz CT molecular complexity index is 1110. The molecule has 0 radical (unpaired) electrons. The number of rotatable bonds is 5. The average Bonchev–Trinajstić information content (AvgIpc) is 3.25. The van der Waals surface area contributed by atoms with Gasteiger partial charge in [-0.05, 0) is 30.7 Å². The van der Waals surface area contributed by atoms with Gasteiger partial charge in [0.05, 0.1) is 22.5 Å². The normalized spacial score (nSPS) is 18.4. The van der Waals surface area contributed by atoms with Gasteiger partial charge >= 0.3 is 0 Å². The van der Waals surface area contributed by atoms with Crippen LogP contribution in [0.3, 0.4) is 0 Å². The number of sulfone groups is 1. The molecule has 146 valence electrons. The number of imidazole rings is 1. The van der Waals surface area contributed by atoms with E-state index in [0.29, 0.717) is 19.3 Å². The molecule has 1 unspecified atom stereocenters. The SMILES string of the molecule is CN(C(=O)CCc1nc2ccccc2n1-c1ccccc1)C1CCS(=O)(=O)C1. The first-order valence-corrected chi connectivity index (χ1v) is 11.2. The highest BCUT2D eigenvalue weighted by Crippen LogP contribution is 2.23. The molecule has 1 saturated heterocycles. The molecule has 1 aromatic heterocycles. The number of para-hydroxylation sites is 3. The molecule has 7 heteroatoms. The quantitative estimate of drug-likeness (QED) is 0.663. The Morgan fingerprint density at radius 1 is 1.14 bits per heavy atom. The topological polar surface area (TPSA) is 72.3 Å². The second-order valence-corrected chi connectivity index (χ2v) is 9.48. The highest BCUT2D eigenvalue weighted by molar-refractivity contribution is 7.91. The van der Waals surface area contributed by atoms with Gasteiger partial charge in [0.15, 0.2) is 9.84 Å². The van der Waals surface area contributed by atoms with Gasteiger partial charge < -0.3 is 4.90 Å². The van der Waals surface area contributed by atoms with Crippen LogP contribution in [0.2, 0.25) is 0 Å². The van der Waals surface area contributed by atoms with Crippen LogP contribution < -0.4 is 0 Å². The maximum absolute atomic E-state index is 12.7. The van der Waals surface area contributed by atoms with E-state index in [1.807, 2.05) is 54.6 Å². The van der Waals surface area contributed by atoms with Crippen LogP contribution in [-0.4, -0.2) is 53.4 Å². The molecule has 3 aromatic rings. The average molecular weight is 398 g/mol. The number of hydrogen-bond donors (Lipinski definition) is 0. The summed E-state index contributed by atoms with van der Waals surface area (Å²) in [7, 11) is -1.31. The van der Waals surface area contributed by atoms with Crippen molar-refractivity contribution in [2.24, 2.45) is 0 Å². The Kier molecular flexibility index (Phi) is 4.93. The molecule has 1 aliphatic heterocycles. The number of aromatic nitrogens is 2. The number of nitrogens with zero attached hydrogens (tertiary/aromatic N) is 3. The molecule has 1 amide bonds. The van der Waals surface area contributed by atoms with Crippen LogP contribution in [0.25, 0.3) is 16.7 Å². The third-order valence-electron chi connectivity index (χ3n) is 5.36. The van der Waals surface area contributed by atoms with Crippen LogP contribution >= 0.6 is 0 Å². The molecule has 2 aromatic carbocycles. The molecule has 4 rings (SSSR count). The van der Waals surface area contributed by atoms with Crippen LogP contribution in [0.15, 0.2) is 54.6 Å². The summed E-state index contributed by atoms with van der Waals surface area (Å²) in [5, 5.41) is 0. The Hall–Kier alpha value is -2.67. The monoisotopic (exact) mass is 397 g/mol. The Labute approximate surface area is 164 Å². The summed E-state index contributed by atoms with van der Waals surface area (Å²) in [5.41, 5.74) is 2.91. The van der Waals surface area contributed by atoms with Gasteiger partial charge in [0, 0.05) is 31.6 Å². The van der Waals surface area contributed by atoms with E-state index in [1.165, 1.54) is 0 Å². The number of hydrogen-bond acceptors (Lipinski definition) is 4. The number of amides is 1. The molecule has 1 fully saturated rings. The molecule has 0 bridgehead atoms. The standard InChI is InChI=1S/C21H23N3O3S/c1-23(17-13-14-28(26,27)15-17)21(25)12-11-20-22-18-9-5-6-10-19(18)24(20)16-7-3-2-4-8-16/h2-10,17H,11-15H2,1H3. The van der Waals surface area contributed by atoms with Gasteiger partial charge in [-0.25, -0.2) is 13.4 Å². The van der Waals surface area contributed by atoms with Crippen molar-refractivity contribution in [3.8, 4) is 5.69 Å². The number of aryl methyl sites for hydroxylation is 1. The minimum Gasteiger partial charge on any atom is -0.342 e. The molecular weight excluding hydrogens is 374 g/mol. The largest absolute Gasteiger partial charge is 0.342 e. The number of carbonyl (C=O) groups excluding carboxylic acids is 1. The number of fused-ring (bicyclic) bond motifs is 1. The molecule has 1 aliphatic rings. The van der Waals surface area contributed by atoms with Crippen molar-refractivity contribution >= 4 is 26.8 Å². The second-order valence-electron chi connectivity index (χ2n) is 7.25. The van der Waals surface area contributed by atoms with Gasteiger partial charge in [-0.3, -0.25) is 9.36 Å². The van der Waals surface area contributed by atoms with E-state index in [-0.39, 0.29) is 23.5 Å². The molecule has 1 atom stereocenters. The molecule has 28 heavy (non-hydrogen) atoms. The summed E-state index contributed by atoms with van der Waals surface area (Å²) in [6.07, 6.45) is 1.31. The van der Waals surface area contributed by atoms with Crippen LogP contribution in [0.4, 0.5) is 0 Å². The summed E-state index contributed by atoms with van der Waals surface area (Å²) in [5.74, 6) is 1.01. The van der Waals surface area contributed by atoms with E-state index in [4.69, 9.17) is 4.98 Å². The predicted molar refractivity (Wildman–Crippen MR) is 109 cm³/mol. The number of carbonyl (C=O) groups is 1. The van der Waals surface area contributed by atoms with Crippen LogP contribution in [-0.2, 0) is 21.1 Å². The maximum Gasteiger partial charge on any atom is 0.223 e. The highest BCUT2D eigenvalue weighted by atomic mass is 32.2. The lowest BCUT2D eigenvalue weighted by Crippen LogP contribution is -2.38. The summed E-state index contributed by atoms with van der Waals surface area (Å²) in [4.78, 5) is 19.0. The summed E-state index contributed by atoms with van der Waals surface area (Å²) < 4.78 is 25.5. The third kappa shape index (κ3) is 3.67. The van der Waals surface area contributed by atoms with Crippen molar-refractivity contribution < 1.29 is 13.2 Å². The zero-order chi connectivity index (χ0) is 19.7. The molecule has 0 spiro atoms. The van der Waals surface area contributed by atoms with Crippen LogP contribution in [0, 0.1) is 0 Å². The lowest BCUT2D eigenvalue weighted by molar-refractivity contribution is -0.131. The van der Waals surface area contributed by atoms with Gasteiger partial charge in [-0.2, -0.15) is 0 Å². The Balaban J connectivity index is 1.56. The van der Waals surface area contributed by atoms with Gasteiger partial charge in [0.1, 0.15) is 5.82 Å². The zero-order valence-corrected chi connectivity index (χ0v) is 16.6. The van der Waals surface area contributed by atoms with E-state index in [0.717, 1.165) is 22.5 Å². The van der Waals surface area contributed by atoms with Crippen molar-refractivity contribution in [3.05, 3.63) is 60.4 Å². The van der Waals surface area contributed by atoms with Crippen molar-refractivity contribution in [3.63, 3.8) is 0 Å². The molecule has 0 N–H and O–H groups in total. The van der Waals surface area contributed by atoms with Gasteiger partial charge in [0.25, 0.3) is 0 Å². The molecule has 2 heterocycles. The molecule has 0 saturated carbocycles. The first-order chi connectivity index (χ1) is 13.4. The van der Waals surface area contributed by atoms with Crippen molar-refractivity contribution in [1.29, 1.82) is 0 Å². The number of benzene rings is 2. The molecular formula is C21H23N3O3S. The van der Waals surface area contributed by atoms with E-state index in [9.17, 15) is 13.2 Å². The van der Waals surface area contributed by atoms with E-state index in [2.05, 4.69) is 4.57 Å². The van der Waals surface area contributed by atoms with Crippen molar-refractivity contribution in [2.45, 2.75) is 25.3 Å². The lowest BCUT2D eigenvalue weighted by atomic mass is 10.2. The first-order valence-electron chi connectivity index (χ1n) is 9.42. The van der Waals surface area contributed by atoms with Gasteiger partial charge in [-0.15, -0.1) is 0 Å². The Morgan fingerprint density at radius 3 is 2.57 bits per heavy atom. The second kappa shape index (κ2) is 7.39. The fourth-order valence-corrected chi connectivity index (χ4v) is 5.56. The first kappa shape index (κ1) is 18.7.